The fourth-order valence-electron chi connectivity index (χ4n) is 1.77. The largest absolute Gasteiger partial charge is 0.475 e. The average molecular weight is 273 g/mol. The lowest BCUT2D eigenvalue weighted by Crippen LogP contribution is -2.08. The molecule has 5 heteroatoms. The molecule has 0 radical (unpaired) electrons. The SMILES string of the molecule is CC(C)Oc1cc(NCc2cccc(CO)c2)ncn1. The Hall–Kier alpha value is -2.14. The maximum Gasteiger partial charge on any atom is 0.218 e. The summed E-state index contributed by atoms with van der Waals surface area (Å²) >= 11 is 0. The molecule has 0 spiro atoms. The summed E-state index contributed by atoms with van der Waals surface area (Å²) in [7, 11) is 0. The number of nitrogens with one attached hydrogen (secondary N) is 1. The number of benzene rings is 1. The molecule has 0 unspecified atom stereocenters. The molecule has 0 atom stereocenters. The first kappa shape index (κ1) is 14.3. The van der Waals surface area contributed by atoms with Gasteiger partial charge in [0.15, 0.2) is 0 Å². The van der Waals surface area contributed by atoms with Gasteiger partial charge in [-0.1, -0.05) is 24.3 Å². The van der Waals surface area contributed by atoms with Gasteiger partial charge in [-0.05, 0) is 25.0 Å². The molecule has 2 aromatic rings. The smallest absolute Gasteiger partial charge is 0.218 e. The number of aliphatic hydroxyl groups excluding tert-OH is 1. The molecule has 0 fully saturated rings. The first-order chi connectivity index (χ1) is 9.67. The molecule has 0 bridgehead atoms. The minimum Gasteiger partial charge on any atom is -0.475 e. The van der Waals surface area contributed by atoms with Crippen LogP contribution in [-0.2, 0) is 13.2 Å². The van der Waals surface area contributed by atoms with Crippen molar-refractivity contribution in [2.45, 2.75) is 33.1 Å². The van der Waals surface area contributed by atoms with Gasteiger partial charge < -0.3 is 15.2 Å². The number of aliphatic hydroxyl groups is 1. The van der Waals surface area contributed by atoms with Crippen molar-refractivity contribution < 1.29 is 9.84 Å². The zero-order valence-corrected chi connectivity index (χ0v) is 11.7. The van der Waals surface area contributed by atoms with Crippen molar-refractivity contribution in [1.29, 1.82) is 0 Å². The van der Waals surface area contributed by atoms with E-state index in [1.54, 1.807) is 6.07 Å². The van der Waals surface area contributed by atoms with Crippen molar-refractivity contribution in [3.05, 3.63) is 47.8 Å². The maximum absolute atomic E-state index is 9.11. The van der Waals surface area contributed by atoms with Crippen LogP contribution in [0.3, 0.4) is 0 Å². The Kier molecular flexibility index (Phi) is 4.90. The number of hydrogen-bond acceptors (Lipinski definition) is 5. The van der Waals surface area contributed by atoms with Crippen molar-refractivity contribution in [3.63, 3.8) is 0 Å². The molecule has 1 aromatic heterocycles. The first-order valence-electron chi connectivity index (χ1n) is 6.58. The van der Waals surface area contributed by atoms with E-state index in [0.717, 1.165) is 11.1 Å². The normalized spacial score (nSPS) is 10.6. The summed E-state index contributed by atoms with van der Waals surface area (Å²) < 4.78 is 5.52. The topological polar surface area (TPSA) is 67.3 Å². The Labute approximate surface area is 118 Å². The van der Waals surface area contributed by atoms with E-state index in [0.29, 0.717) is 18.2 Å². The summed E-state index contributed by atoms with van der Waals surface area (Å²) in [6, 6.07) is 9.55. The van der Waals surface area contributed by atoms with E-state index in [1.807, 2.05) is 38.1 Å². The minimum absolute atomic E-state index is 0.0493. The predicted octanol–water partition coefficient (Wildman–Crippen LogP) is 2.37. The molecule has 2 rings (SSSR count). The van der Waals surface area contributed by atoms with Gasteiger partial charge in [-0.3, -0.25) is 0 Å². The van der Waals surface area contributed by atoms with Crippen LogP contribution >= 0.6 is 0 Å². The summed E-state index contributed by atoms with van der Waals surface area (Å²) in [5, 5.41) is 12.3. The summed E-state index contributed by atoms with van der Waals surface area (Å²) in [4.78, 5) is 8.21. The van der Waals surface area contributed by atoms with Crippen LogP contribution in [0.25, 0.3) is 0 Å². The molecule has 0 aliphatic heterocycles. The standard InChI is InChI=1S/C15H19N3O2/c1-11(2)20-15-7-14(17-10-18-15)16-8-12-4-3-5-13(6-12)9-19/h3-7,10-11,19H,8-9H2,1-2H3,(H,16,17,18). The second kappa shape index (κ2) is 6.86. The number of aromatic nitrogens is 2. The van der Waals surface area contributed by atoms with E-state index < -0.39 is 0 Å². The Bertz CT molecular complexity index is 558. The van der Waals surface area contributed by atoms with E-state index in [9.17, 15) is 0 Å². The Morgan fingerprint density at radius 2 is 2.00 bits per heavy atom. The molecule has 1 heterocycles. The lowest BCUT2D eigenvalue weighted by molar-refractivity contribution is 0.232. The van der Waals surface area contributed by atoms with Crippen LogP contribution in [0, 0.1) is 0 Å². The van der Waals surface area contributed by atoms with Gasteiger partial charge in [-0.15, -0.1) is 0 Å². The van der Waals surface area contributed by atoms with E-state index in [-0.39, 0.29) is 12.7 Å². The fraction of sp³-hybridized carbons (Fsp3) is 0.333. The van der Waals surface area contributed by atoms with Gasteiger partial charge in [0.05, 0.1) is 12.7 Å². The van der Waals surface area contributed by atoms with Gasteiger partial charge in [-0.25, -0.2) is 9.97 Å². The summed E-state index contributed by atoms with van der Waals surface area (Å²) in [6.45, 7) is 4.59. The van der Waals surface area contributed by atoms with Crippen molar-refractivity contribution >= 4 is 5.82 Å². The Balaban J connectivity index is 1.99. The molecular formula is C15H19N3O2. The minimum atomic E-state index is 0.0493. The van der Waals surface area contributed by atoms with Gasteiger partial charge in [-0.2, -0.15) is 0 Å². The van der Waals surface area contributed by atoms with E-state index in [2.05, 4.69) is 15.3 Å². The monoisotopic (exact) mass is 273 g/mol. The van der Waals surface area contributed by atoms with Crippen molar-refractivity contribution in [2.75, 3.05) is 5.32 Å². The van der Waals surface area contributed by atoms with E-state index in [1.165, 1.54) is 6.33 Å². The van der Waals surface area contributed by atoms with Crippen LogP contribution in [0.1, 0.15) is 25.0 Å². The lowest BCUT2D eigenvalue weighted by Gasteiger charge is -2.10. The Morgan fingerprint density at radius 1 is 1.20 bits per heavy atom. The average Bonchev–Trinajstić information content (AvgIpc) is 2.45. The molecule has 20 heavy (non-hydrogen) atoms. The van der Waals surface area contributed by atoms with Crippen LogP contribution in [0.4, 0.5) is 5.82 Å². The number of hydrogen-bond donors (Lipinski definition) is 2. The van der Waals surface area contributed by atoms with Crippen molar-refractivity contribution in [2.24, 2.45) is 0 Å². The number of ether oxygens (including phenoxy) is 1. The van der Waals surface area contributed by atoms with Crippen LogP contribution in [0.15, 0.2) is 36.7 Å². The molecule has 0 saturated carbocycles. The molecule has 0 saturated heterocycles. The quantitative estimate of drug-likeness (QED) is 0.845. The summed E-state index contributed by atoms with van der Waals surface area (Å²) in [6.07, 6.45) is 1.56. The molecule has 5 nitrogen and oxygen atoms in total. The highest BCUT2D eigenvalue weighted by Crippen LogP contribution is 2.14. The molecule has 0 aliphatic carbocycles. The second-order valence-electron chi connectivity index (χ2n) is 4.74. The third-order valence-electron chi connectivity index (χ3n) is 2.65. The zero-order valence-electron chi connectivity index (χ0n) is 11.7. The predicted molar refractivity (Wildman–Crippen MR) is 77.5 cm³/mol. The molecule has 0 aliphatic rings. The second-order valence-corrected chi connectivity index (χ2v) is 4.74. The van der Waals surface area contributed by atoms with Gasteiger partial charge in [0.2, 0.25) is 5.88 Å². The van der Waals surface area contributed by atoms with Gasteiger partial charge >= 0.3 is 0 Å². The highest BCUT2D eigenvalue weighted by atomic mass is 16.5. The third-order valence-corrected chi connectivity index (χ3v) is 2.65. The Morgan fingerprint density at radius 3 is 2.75 bits per heavy atom. The van der Waals surface area contributed by atoms with Crippen molar-refractivity contribution in [1.82, 2.24) is 9.97 Å². The van der Waals surface area contributed by atoms with Crippen LogP contribution in [-0.4, -0.2) is 21.2 Å². The van der Waals surface area contributed by atoms with Crippen LogP contribution in [0.2, 0.25) is 0 Å². The molecule has 0 amide bonds. The van der Waals surface area contributed by atoms with E-state index >= 15 is 0 Å². The van der Waals surface area contributed by atoms with Gasteiger partial charge in [0, 0.05) is 12.6 Å². The summed E-state index contributed by atoms with van der Waals surface area (Å²) in [5.74, 6) is 1.27. The van der Waals surface area contributed by atoms with E-state index in [4.69, 9.17) is 9.84 Å². The fourth-order valence-corrected chi connectivity index (χ4v) is 1.77. The zero-order chi connectivity index (χ0) is 14.4. The molecule has 2 N–H and O–H groups in total. The molecule has 106 valence electrons. The van der Waals surface area contributed by atoms with Gasteiger partial charge in [0.1, 0.15) is 12.1 Å². The maximum atomic E-state index is 9.11. The number of rotatable bonds is 6. The van der Waals surface area contributed by atoms with Gasteiger partial charge in [0.25, 0.3) is 0 Å². The molecular weight excluding hydrogens is 254 g/mol. The highest BCUT2D eigenvalue weighted by molar-refractivity contribution is 5.38. The number of anilines is 1. The number of nitrogens with zero attached hydrogens (tertiary/aromatic N) is 2. The summed E-state index contributed by atoms with van der Waals surface area (Å²) in [5.41, 5.74) is 1.98. The van der Waals surface area contributed by atoms with Crippen LogP contribution in [0.5, 0.6) is 5.88 Å². The lowest BCUT2D eigenvalue weighted by atomic mass is 10.1. The first-order valence-corrected chi connectivity index (χ1v) is 6.58. The highest BCUT2D eigenvalue weighted by Gasteiger charge is 2.02. The molecule has 1 aromatic carbocycles. The third kappa shape index (κ3) is 4.20. The van der Waals surface area contributed by atoms with Crippen molar-refractivity contribution in [3.8, 4) is 5.88 Å². The van der Waals surface area contributed by atoms with Crippen LogP contribution < -0.4 is 10.1 Å².